The third kappa shape index (κ3) is 3.07. The van der Waals surface area contributed by atoms with Crippen molar-refractivity contribution in [2.45, 2.75) is 57.5 Å². The lowest BCUT2D eigenvalue weighted by molar-refractivity contribution is -0.144. The van der Waals surface area contributed by atoms with Gasteiger partial charge >= 0.3 is 5.97 Å². The fourth-order valence-corrected chi connectivity index (χ4v) is 3.99. The number of carboxylic acid groups (broad SMARTS) is 1. The number of carbonyl (C=O) groups is 2. The predicted molar refractivity (Wildman–Crippen MR) is 78.9 cm³/mol. The van der Waals surface area contributed by atoms with Gasteiger partial charge < -0.3 is 10.0 Å². The van der Waals surface area contributed by atoms with E-state index in [9.17, 15) is 14.7 Å². The summed E-state index contributed by atoms with van der Waals surface area (Å²) in [4.78, 5) is 27.9. The highest BCUT2D eigenvalue weighted by Gasteiger charge is 2.39. The molecule has 5 nitrogen and oxygen atoms in total. The smallest absolute Gasteiger partial charge is 0.320 e. The van der Waals surface area contributed by atoms with E-state index in [-0.39, 0.29) is 12.0 Å². The second-order valence-electron chi connectivity index (χ2n) is 6.92. The molecule has 0 aromatic heterocycles. The second kappa shape index (κ2) is 5.95. The number of nitrogens with zero attached hydrogens (tertiary/aromatic N) is 2. The first-order chi connectivity index (χ1) is 10.1. The van der Waals surface area contributed by atoms with Gasteiger partial charge in [-0.25, -0.2) is 0 Å². The third-order valence-electron chi connectivity index (χ3n) is 5.54. The van der Waals surface area contributed by atoms with Crippen LogP contribution in [-0.2, 0) is 9.59 Å². The maximum absolute atomic E-state index is 12.4. The summed E-state index contributed by atoms with van der Waals surface area (Å²) in [6.45, 7) is 4.55. The lowest BCUT2D eigenvalue weighted by Gasteiger charge is -2.39. The van der Waals surface area contributed by atoms with Gasteiger partial charge in [0.1, 0.15) is 6.04 Å². The zero-order valence-corrected chi connectivity index (χ0v) is 12.8. The number of hydrogen-bond donors (Lipinski definition) is 1. The standard InChI is InChI=1S/C16H26N2O3/c1-11(12-4-5-12)15(19)17-9-6-13(7-10-17)18-8-2-3-14(18)16(20)21/h11-14H,2-10H2,1H3,(H,20,21). The number of piperidine rings is 1. The molecule has 0 bridgehead atoms. The van der Waals surface area contributed by atoms with E-state index in [4.69, 9.17) is 0 Å². The van der Waals surface area contributed by atoms with Crippen LogP contribution in [0.25, 0.3) is 0 Å². The van der Waals surface area contributed by atoms with E-state index in [0.717, 1.165) is 45.3 Å². The van der Waals surface area contributed by atoms with Gasteiger partial charge in [-0.05, 0) is 51.0 Å². The van der Waals surface area contributed by atoms with Gasteiger partial charge in [0.2, 0.25) is 5.91 Å². The minimum atomic E-state index is -0.687. The summed E-state index contributed by atoms with van der Waals surface area (Å²) in [5, 5.41) is 9.29. The summed E-state index contributed by atoms with van der Waals surface area (Å²) in [6, 6.07) is 0.0384. The van der Waals surface area contributed by atoms with Crippen LogP contribution >= 0.6 is 0 Å². The van der Waals surface area contributed by atoms with Crippen LogP contribution in [0.2, 0.25) is 0 Å². The Morgan fingerprint density at radius 1 is 1.05 bits per heavy atom. The fourth-order valence-electron chi connectivity index (χ4n) is 3.99. The summed E-state index contributed by atoms with van der Waals surface area (Å²) in [6.07, 6.45) is 6.01. The van der Waals surface area contributed by atoms with Crippen LogP contribution in [-0.4, -0.2) is 58.5 Å². The average Bonchev–Trinajstić information content (AvgIpc) is 3.22. The molecule has 5 heteroatoms. The molecule has 21 heavy (non-hydrogen) atoms. The summed E-state index contributed by atoms with van der Waals surface area (Å²) in [5.74, 6) is 0.422. The van der Waals surface area contributed by atoms with Crippen molar-refractivity contribution in [2.75, 3.05) is 19.6 Å². The Labute approximate surface area is 126 Å². The highest BCUT2D eigenvalue weighted by molar-refractivity contribution is 5.79. The van der Waals surface area contributed by atoms with Gasteiger partial charge in [0.25, 0.3) is 0 Å². The van der Waals surface area contributed by atoms with Crippen molar-refractivity contribution in [2.24, 2.45) is 11.8 Å². The first-order valence-electron chi connectivity index (χ1n) is 8.35. The Morgan fingerprint density at radius 3 is 2.29 bits per heavy atom. The number of rotatable bonds is 4. The van der Waals surface area contributed by atoms with Gasteiger partial charge in [-0.2, -0.15) is 0 Å². The fraction of sp³-hybridized carbons (Fsp3) is 0.875. The molecular weight excluding hydrogens is 268 g/mol. The predicted octanol–water partition coefficient (Wildman–Crippen LogP) is 1.57. The highest BCUT2D eigenvalue weighted by atomic mass is 16.4. The number of carboxylic acids is 1. The lowest BCUT2D eigenvalue weighted by atomic mass is 9.99. The molecule has 3 aliphatic rings. The van der Waals surface area contributed by atoms with Gasteiger partial charge in [-0.15, -0.1) is 0 Å². The van der Waals surface area contributed by atoms with Crippen LogP contribution < -0.4 is 0 Å². The molecule has 0 aromatic carbocycles. The van der Waals surface area contributed by atoms with Crippen molar-refractivity contribution < 1.29 is 14.7 Å². The normalized spacial score (nSPS) is 29.6. The number of amides is 1. The van der Waals surface area contributed by atoms with Crippen LogP contribution in [0, 0.1) is 11.8 Å². The molecule has 2 heterocycles. The van der Waals surface area contributed by atoms with Crippen molar-refractivity contribution in [3.63, 3.8) is 0 Å². The molecule has 1 amide bonds. The molecule has 3 fully saturated rings. The monoisotopic (exact) mass is 294 g/mol. The van der Waals surface area contributed by atoms with E-state index in [1.165, 1.54) is 12.8 Å². The van der Waals surface area contributed by atoms with Crippen LogP contribution in [0.1, 0.15) is 45.4 Å². The first kappa shape index (κ1) is 14.8. The average molecular weight is 294 g/mol. The Balaban J connectivity index is 1.52. The Hall–Kier alpha value is -1.10. The molecule has 2 saturated heterocycles. The van der Waals surface area contributed by atoms with Crippen LogP contribution in [0.15, 0.2) is 0 Å². The molecule has 1 aliphatic carbocycles. The number of likely N-dealkylation sites (tertiary alicyclic amines) is 2. The Morgan fingerprint density at radius 2 is 1.71 bits per heavy atom. The Kier molecular flexibility index (Phi) is 4.20. The molecule has 118 valence electrons. The first-order valence-corrected chi connectivity index (χ1v) is 8.35. The molecule has 1 N–H and O–H groups in total. The molecule has 2 unspecified atom stereocenters. The van der Waals surface area contributed by atoms with Crippen molar-refractivity contribution >= 4 is 11.9 Å². The number of hydrogen-bond acceptors (Lipinski definition) is 3. The molecule has 2 aliphatic heterocycles. The van der Waals surface area contributed by atoms with E-state index in [1.54, 1.807) is 0 Å². The van der Waals surface area contributed by atoms with E-state index in [1.807, 2.05) is 4.90 Å². The summed E-state index contributed by atoms with van der Waals surface area (Å²) in [5.41, 5.74) is 0. The van der Waals surface area contributed by atoms with Crippen molar-refractivity contribution in [1.82, 2.24) is 9.80 Å². The summed E-state index contributed by atoms with van der Waals surface area (Å²) < 4.78 is 0. The zero-order valence-electron chi connectivity index (χ0n) is 12.8. The van der Waals surface area contributed by atoms with Gasteiger partial charge in [0.15, 0.2) is 0 Å². The summed E-state index contributed by atoms with van der Waals surface area (Å²) >= 11 is 0. The molecule has 0 spiro atoms. The van der Waals surface area contributed by atoms with Gasteiger partial charge in [0.05, 0.1) is 0 Å². The highest BCUT2D eigenvalue weighted by Crippen LogP contribution is 2.38. The van der Waals surface area contributed by atoms with E-state index in [0.29, 0.717) is 17.9 Å². The second-order valence-corrected chi connectivity index (χ2v) is 6.92. The van der Waals surface area contributed by atoms with Crippen molar-refractivity contribution in [3.05, 3.63) is 0 Å². The largest absolute Gasteiger partial charge is 0.480 e. The Bertz CT molecular complexity index is 414. The molecule has 1 saturated carbocycles. The van der Waals surface area contributed by atoms with Gasteiger partial charge in [-0.1, -0.05) is 6.92 Å². The molecule has 0 radical (unpaired) electrons. The van der Waals surface area contributed by atoms with E-state index >= 15 is 0 Å². The van der Waals surface area contributed by atoms with Crippen LogP contribution in [0.3, 0.4) is 0 Å². The zero-order chi connectivity index (χ0) is 15.0. The van der Waals surface area contributed by atoms with Crippen LogP contribution in [0.5, 0.6) is 0 Å². The van der Waals surface area contributed by atoms with Gasteiger partial charge in [-0.3, -0.25) is 14.5 Å². The SMILES string of the molecule is CC(C(=O)N1CCC(N2CCCC2C(=O)O)CC1)C1CC1. The minimum absolute atomic E-state index is 0.181. The quantitative estimate of drug-likeness (QED) is 0.855. The lowest BCUT2D eigenvalue weighted by Crippen LogP contribution is -2.50. The van der Waals surface area contributed by atoms with Crippen LogP contribution in [0.4, 0.5) is 0 Å². The van der Waals surface area contributed by atoms with Crippen molar-refractivity contribution in [1.29, 1.82) is 0 Å². The number of carbonyl (C=O) groups excluding carboxylic acids is 1. The number of aliphatic carboxylic acids is 1. The minimum Gasteiger partial charge on any atom is -0.480 e. The molecule has 2 atom stereocenters. The molecule has 0 aromatic rings. The van der Waals surface area contributed by atoms with E-state index in [2.05, 4.69) is 11.8 Å². The van der Waals surface area contributed by atoms with E-state index < -0.39 is 5.97 Å². The van der Waals surface area contributed by atoms with Gasteiger partial charge in [0, 0.05) is 25.0 Å². The maximum Gasteiger partial charge on any atom is 0.320 e. The third-order valence-corrected chi connectivity index (χ3v) is 5.54. The molecule has 3 rings (SSSR count). The topological polar surface area (TPSA) is 60.9 Å². The maximum atomic E-state index is 12.4. The molecular formula is C16H26N2O3. The summed E-state index contributed by atoms with van der Waals surface area (Å²) in [7, 11) is 0. The van der Waals surface area contributed by atoms with Crippen molar-refractivity contribution in [3.8, 4) is 0 Å².